The highest BCUT2D eigenvalue weighted by Crippen LogP contribution is 2.33. The van der Waals surface area contributed by atoms with Crippen LogP contribution in [0.3, 0.4) is 0 Å². The molecule has 3 heteroatoms. The number of nitrogens with two attached hydrogens (primary N) is 1. The van der Waals surface area contributed by atoms with Gasteiger partial charge in [0.15, 0.2) is 0 Å². The molecule has 0 spiro atoms. The minimum atomic E-state index is -0.277. The summed E-state index contributed by atoms with van der Waals surface area (Å²) < 4.78 is 0. The summed E-state index contributed by atoms with van der Waals surface area (Å²) in [5.74, 6) is 0.199. The lowest BCUT2D eigenvalue weighted by Crippen LogP contribution is -2.37. The van der Waals surface area contributed by atoms with Crippen LogP contribution < -0.4 is 5.73 Å². The Bertz CT molecular complexity index is 476. The van der Waals surface area contributed by atoms with Gasteiger partial charge >= 0.3 is 0 Å². The van der Waals surface area contributed by atoms with Crippen molar-refractivity contribution in [2.45, 2.75) is 57.5 Å². The van der Waals surface area contributed by atoms with Gasteiger partial charge in [-0.15, -0.1) is 0 Å². The summed E-state index contributed by atoms with van der Waals surface area (Å²) in [5, 5.41) is 0. The number of rotatable bonds is 4. The van der Waals surface area contributed by atoms with Crippen molar-refractivity contribution in [3.05, 3.63) is 35.4 Å². The van der Waals surface area contributed by atoms with Gasteiger partial charge in [0.1, 0.15) is 0 Å². The maximum Gasteiger partial charge on any atom is 0.222 e. The van der Waals surface area contributed by atoms with Gasteiger partial charge in [0.05, 0.1) is 6.04 Å². The minimum Gasteiger partial charge on any atom is -0.339 e. The summed E-state index contributed by atoms with van der Waals surface area (Å²) in [6.07, 6.45) is 4.60. The zero-order valence-electron chi connectivity index (χ0n) is 12.9. The number of benzene rings is 1. The predicted molar refractivity (Wildman–Crippen MR) is 82.4 cm³/mol. The van der Waals surface area contributed by atoms with E-state index in [0.717, 1.165) is 25.7 Å². The van der Waals surface area contributed by atoms with Crippen LogP contribution in [0.15, 0.2) is 24.3 Å². The number of carbonyl (C=O) groups is 1. The Balaban J connectivity index is 2.06. The lowest BCUT2D eigenvalue weighted by atomic mass is 9.86. The Morgan fingerprint density at radius 1 is 1.40 bits per heavy atom. The van der Waals surface area contributed by atoms with Crippen LogP contribution in [0.5, 0.6) is 0 Å². The average molecular weight is 274 g/mol. The molecular weight excluding hydrogens is 248 g/mol. The number of hydrogen-bond acceptors (Lipinski definition) is 2. The largest absolute Gasteiger partial charge is 0.339 e. The SMILES string of the molecule is CN(C(=O)CCC(C)(C)N)C1CCCc2ccccc21. The molecule has 110 valence electrons. The van der Waals surface area contributed by atoms with Crippen LogP contribution in [-0.4, -0.2) is 23.4 Å². The molecule has 0 fully saturated rings. The molecule has 1 unspecified atom stereocenters. The molecule has 0 heterocycles. The van der Waals surface area contributed by atoms with Crippen molar-refractivity contribution in [3.8, 4) is 0 Å². The molecule has 3 nitrogen and oxygen atoms in total. The molecule has 0 aromatic heterocycles. The van der Waals surface area contributed by atoms with E-state index >= 15 is 0 Å². The zero-order chi connectivity index (χ0) is 14.8. The van der Waals surface area contributed by atoms with Crippen LogP contribution in [-0.2, 0) is 11.2 Å². The van der Waals surface area contributed by atoms with Gasteiger partial charge in [-0.2, -0.15) is 0 Å². The number of fused-ring (bicyclic) bond motifs is 1. The standard InChI is InChI=1S/C17H26N2O/c1-17(2,18)12-11-16(20)19(3)15-10-6-8-13-7-4-5-9-14(13)15/h4-5,7,9,15H,6,8,10-12,18H2,1-3H3. The third-order valence-corrected chi connectivity index (χ3v) is 4.18. The molecule has 1 aliphatic carbocycles. The summed E-state index contributed by atoms with van der Waals surface area (Å²) in [7, 11) is 1.93. The third kappa shape index (κ3) is 3.60. The zero-order valence-corrected chi connectivity index (χ0v) is 12.9. The van der Waals surface area contributed by atoms with Crippen molar-refractivity contribution in [2.24, 2.45) is 5.73 Å². The highest BCUT2D eigenvalue weighted by Gasteiger charge is 2.26. The van der Waals surface area contributed by atoms with E-state index in [9.17, 15) is 4.79 Å². The van der Waals surface area contributed by atoms with Crippen LogP contribution in [0.1, 0.15) is 56.7 Å². The maximum absolute atomic E-state index is 12.4. The fraction of sp³-hybridized carbons (Fsp3) is 0.588. The minimum absolute atomic E-state index is 0.199. The molecule has 0 aliphatic heterocycles. The Morgan fingerprint density at radius 3 is 2.80 bits per heavy atom. The topological polar surface area (TPSA) is 46.3 Å². The third-order valence-electron chi connectivity index (χ3n) is 4.18. The van der Waals surface area contributed by atoms with Crippen LogP contribution in [0.2, 0.25) is 0 Å². The first-order valence-corrected chi connectivity index (χ1v) is 7.51. The molecule has 0 saturated carbocycles. The molecule has 0 saturated heterocycles. The van der Waals surface area contributed by atoms with Gasteiger partial charge in [-0.05, 0) is 50.7 Å². The van der Waals surface area contributed by atoms with Gasteiger partial charge in [0.25, 0.3) is 0 Å². The smallest absolute Gasteiger partial charge is 0.222 e. The molecule has 20 heavy (non-hydrogen) atoms. The first kappa shape index (κ1) is 15.0. The molecule has 1 aromatic carbocycles. The number of amides is 1. The number of carbonyl (C=O) groups excluding carboxylic acids is 1. The molecule has 1 atom stereocenters. The summed E-state index contributed by atoms with van der Waals surface area (Å²) >= 11 is 0. The molecule has 0 bridgehead atoms. The molecule has 2 rings (SSSR count). The van der Waals surface area contributed by atoms with Gasteiger partial charge in [-0.25, -0.2) is 0 Å². The molecule has 0 radical (unpaired) electrons. The summed E-state index contributed by atoms with van der Waals surface area (Å²) in [5.41, 5.74) is 8.40. The van der Waals surface area contributed by atoms with E-state index in [1.165, 1.54) is 11.1 Å². The van der Waals surface area contributed by atoms with Crippen LogP contribution in [0, 0.1) is 0 Å². The van der Waals surface area contributed by atoms with Crippen molar-refractivity contribution in [1.29, 1.82) is 0 Å². The van der Waals surface area contributed by atoms with Gasteiger partial charge in [-0.3, -0.25) is 4.79 Å². The number of hydrogen-bond donors (Lipinski definition) is 1. The van der Waals surface area contributed by atoms with E-state index in [0.29, 0.717) is 6.42 Å². The summed E-state index contributed by atoms with van der Waals surface area (Å²) in [4.78, 5) is 14.3. The van der Waals surface area contributed by atoms with Crippen molar-refractivity contribution in [2.75, 3.05) is 7.05 Å². The Hall–Kier alpha value is -1.35. The normalized spacial score (nSPS) is 18.5. The summed E-state index contributed by atoms with van der Waals surface area (Å²) in [6.45, 7) is 3.94. The Morgan fingerprint density at radius 2 is 2.10 bits per heavy atom. The second-order valence-corrected chi connectivity index (χ2v) is 6.60. The molecule has 1 aliphatic rings. The highest BCUT2D eigenvalue weighted by atomic mass is 16.2. The summed E-state index contributed by atoms with van der Waals surface area (Å²) in [6, 6.07) is 8.73. The lowest BCUT2D eigenvalue weighted by molar-refractivity contribution is -0.132. The van der Waals surface area contributed by atoms with Crippen molar-refractivity contribution in [3.63, 3.8) is 0 Å². The second-order valence-electron chi connectivity index (χ2n) is 6.60. The van der Waals surface area contributed by atoms with E-state index in [4.69, 9.17) is 5.73 Å². The highest BCUT2D eigenvalue weighted by molar-refractivity contribution is 5.76. The van der Waals surface area contributed by atoms with Gasteiger partial charge < -0.3 is 10.6 Å². The van der Waals surface area contributed by atoms with Gasteiger partial charge in [0, 0.05) is 19.0 Å². The fourth-order valence-corrected chi connectivity index (χ4v) is 2.91. The van der Waals surface area contributed by atoms with E-state index in [2.05, 4.69) is 24.3 Å². The monoisotopic (exact) mass is 274 g/mol. The van der Waals surface area contributed by atoms with Crippen LogP contribution in [0.25, 0.3) is 0 Å². The van der Waals surface area contributed by atoms with Gasteiger partial charge in [0.2, 0.25) is 5.91 Å². The molecular formula is C17H26N2O. The maximum atomic E-state index is 12.4. The molecule has 2 N–H and O–H groups in total. The first-order chi connectivity index (χ1) is 9.38. The fourth-order valence-electron chi connectivity index (χ4n) is 2.91. The van der Waals surface area contributed by atoms with E-state index in [1.54, 1.807) is 0 Å². The van der Waals surface area contributed by atoms with E-state index in [-0.39, 0.29) is 17.5 Å². The van der Waals surface area contributed by atoms with Crippen molar-refractivity contribution < 1.29 is 4.79 Å². The second kappa shape index (κ2) is 5.96. The predicted octanol–water partition coefficient (Wildman–Crippen LogP) is 3.04. The van der Waals surface area contributed by atoms with Crippen molar-refractivity contribution >= 4 is 5.91 Å². The first-order valence-electron chi connectivity index (χ1n) is 7.51. The van der Waals surface area contributed by atoms with E-state index < -0.39 is 0 Å². The van der Waals surface area contributed by atoms with E-state index in [1.807, 2.05) is 25.8 Å². The number of aryl methyl sites for hydroxylation is 1. The van der Waals surface area contributed by atoms with Crippen LogP contribution >= 0.6 is 0 Å². The average Bonchev–Trinajstić information content (AvgIpc) is 2.42. The number of nitrogens with zero attached hydrogens (tertiary/aromatic N) is 1. The van der Waals surface area contributed by atoms with Crippen molar-refractivity contribution in [1.82, 2.24) is 4.90 Å². The molecule has 1 aromatic rings. The molecule has 1 amide bonds. The Labute approximate surface area is 122 Å². The lowest BCUT2D eigenvalue weighted by Gasteiger charge is -2.34. The van der Waals surface area contributed by atoms with Gasteiger partial charge in [-0.1, -0.05) is 24.3 Å². The van der Waals surface area contributed by atoms with Crippen LogP contribution in [0.4, 0.5) is 0 Å². The quantitative estimate of drug-likeness (QED) is 0.917. The Kier molecular flexibility index (Phi) is 4.48.